The molecule has 1 atom stereocenters. The second-order valence-corrected chi connectivity index (χ2v) is 4.73. The molecule has 0 spiro atoms. The van der Waals surface area contributed by atoms with Crippen molar-refractivity contribution in [1.82, 2.24) is 10.6 Å². The molecule has 21 heavy (non-hydrogen) atoms. The highest BCUT2D eigenvalue weighted by Crippen LogP contribution is 2.15. The van der Waals surface area contributed by atoms with Crippen LogP contribution in [0.15, 0.2) is 47.1 Å². The first kappa shape index (κ1) is 15.1. The van der Waals surface area contributed by atoms with Gasteiger partial charge in [0.15, 0.2) is 6.10 Å². The van der Waals surface area contributed by atoms with Gasteiger partial charge in [-0.2, -0.15) is 0 Å². The average Bonchev–Trinajstić information content (AvgIpc) is 2.98. The molecule has 5 nitrogen and oxygen atoms in total. The number of ether oxygens (including phenoxy) is 1. The summed E-state index contributed by atoms with van der Waals surface area (Å²) in [5, 5.41) is 5.85. The normalized spacial score (nSPS) is 11.9. The van der Waals surface area contributed by atoms with Gasteiger partial charge < -0.3 is 19.8 Å². The van der Waals surface area contributed by atoms with Crippen LogP contribution in [0.5, 0.6) is 5.75 Å². The Bertz CT molecular complexity index is 567. The minimum atomic E-state index is -0.565. The van der Waals surface area contributed by atoms with E-state index in [9.17, 15) is 4.79 Å². The van der Waals surface area contributed by atoms with Crippen LogP contribution in [0.4, 0.5) is 0 Å². The number of rotatable bonds is 7. The standard InChI is InChI=1S/C16H20N2O3/c1-12(16(19)18-11-15-7-4-8-20-15)21-14-6-3-5-13(9-14)10-17-2/h3-9,12,17H,10-11H2,1-2H3,(H,18,19). The summed E-state index contributed by atoms with van der Waals surface area (Å²) in [4.78, 5) is 12.0. The number of nitrogens with one attached hydrogen (secondary N) is 2. The van der Waals surface area contributed by atoms with Gasteiger partial charge in [0.05, 0.1) is 12.8 Å². The van der Waals surface area contributed by atoms with Crippen LogP contribution in [0.25, 0.3) is 0 Å². The number of hydrogen-bond acceptors (Lipinski definition) is 4. The molecule has 0 bridgehead atoms. The van der Waals surface area contributed by atoms with Crippen molar-refractivity contribution in [3.8, 4) is 5.75 Å². The molecule has 1 aromatic heterocycles. The van der Waals surface area contributed by atoms with E-state index in [4.69, 9.17) is 9.15 Å². The summed E-state index contributed by atoms with van der Waals surface area (Å²) in [5.74, 6) is 1.22. The van der Waals surface area contributed by atoms with Crippen LogP contribution in [0, 0.1) is 0 Å². The molecular weight excluding hydrogens is 268 g/mol. The predicted octanol–water partition coefficient (Wildman–Crippen LogP) is 2.08. The maximum Gasteiger partial charge on any atom is 0.261 e. The third kappa shape index (κ3) is 4.65. The monoisotopic (exact) mass is 288 g/mol. The fraction of sp³-hybridized carbons (Fsp3) is 0.312. The molecule has 0 aliphatic carbocycles. The Hall–Kier alpha value is -2.27. The van der Waals surface area contributed by atoms with Crippen LogP contribution >= 0.6 is 0 Å². The zero-order chi connectivity index (χ0) is 15.1. The van der Waals surface area contributed by atoms with Crippen LogP contribution in [-0.2, 0) is 17.9 Å². The van der Waals surface area contributed by atoms with E-state index in [-0.39, 0.29) is 5.91 Å². The van der Waals surface area contributed by atoms with Gasteiger partial charge >= 0.3 is 0 Å². The molecule has 0 aliphatic heterocycles. The largest absolute Gasteiger partial charge is 0.481 e. The van der Waals surface area contributed by atoms with Gasteiger partial charge in [0, 0.05) is 6.54 Å². The number of carbonyl (C=O) groups is 1. The first-order valence-corrected chi connectivity index (χ1v) is 6.89. The Balaban J connectivity index is 1.86. The molecule has 2 rings (SSSR count). The van der Waals surface area contributed by atoms with E-state index in [0.717, 1.165) is 12.1 Å². The number of benzene rings is 1. The molecule has 0 radical (unpaired) electrons. The molecule has 1 amide bonds. The van der Waals surface area contributed by atoms with Gasteiger partial charge in [-0.05, 0) is 43.8 Å². The number of furan rings is 1. The van der Waals surface area contributed by atoms with E-state index in [1.165, 1.54) is 0 Å². The van der Waals surface area contributed by atoms with Crippen LogP contribution in [0.1, 0.15) is 18.2 Å². The fourth-order valence-electron chi connectivity index (χ4n) is 1.92. The second-order valence-electron chi connectivity index (χ2n) is 4.73. The van der Waals surface area contributed by atoms with Crippen molar-refractivity contribution >= 4 is 5.91 Å². The molecule has 0 fully saturated rings. The Kier molecular flexibility index (Phi) is 5.40. The Morgan fingerprint density at radius 2 is 2.14 bits per heavy atom. The molecule has 2 aromatic rings. The molecule has 1 heterocycles. The molecule has 1 unspecified atom stereocenters. The van der Waals surface area contributed by atoms with Crippen molar-refractivity contribution in [2.24, 2.45) is 0 Å². The van der Waals surface area contributed by atoms with Crippen molar-refractivity contribution in [2.45, 2.75) is 26.1 Å². The lowest BCUT2D eigenvalue weighted by atomic mass is 10.2. The molecular formula is C16H20N2O3. The zero-order valence-electron chi connectivity index (χ0n) is 12.3. The quantitative estimate of drug-likeness (QED) is 0.819. The second kappa shape index (κ2) is 7.50. The number of carbonyl (C=O) groups excluding carboxylic acids is 1. The summed E-state index contributed by atoms with van der Waals surface area (Å²) >= 11 is 0. The first-order valence-electron chi connectivity index (χ1n) is 6.89. The molecule has 0 saturated heterocycles. The lowest BCUT2D eigenvalue weighted by Crippen LogP contribution is -2.35. The average molecular weight is 288 g/mol. The number of hydrogen-bond donors (Lipinski definition) is 2. The van der Waals surface area contributed by atoms with Crippen molar-refractivity contribution in [2.75, 3.05) is 7.05 Å². The topological polar surface area (TPSA) is 63.5 Å². The molecule has 112 valence electrons. The number of amides is 1. The van der Waals surface area contributed by atoms with Gasteiger partial charge in [0.1, 0.15) is 11.5 Å². The minimum Gasteiger partial charge on any atom is -0.481 e. The van der Waals surface area contributed by atoms with E-state index in [1.54, 1.807) is 19.3 Å². The Labute approximate surface area is 124 Å². The van der Waals surface area contributed by atoms with E-state index < -0.39 is 6.10 Å². The lowest BCUT2D eigenvalue weighted by Gasteiger charge is -2.15. The summed E-state index contributed by atoms with van der Waals surface area (Å²) in [6, 6.07) is 11.3. The van der Waals surface area contributed by atoms with Gasteiger partial charge in [0.2, 0.25) is 0 Å². The van der Waals surface area contributed by atoms with Crippen LogP contribution in [-0.4, -0.2) is 19.1 Å². The van der Waals surface area contributed by atoms with Crippen LogP contribution < -0.4 is 15.4 Å². The van der Waals surface area contributed by atoms with E-state index in [1.807, 2.05) is 37.4 Å². The highest BCUT2D eigenvalue weighted by atomic mass is 16.5. The highest BCUT2D eigenvalue weighted by Gasteiger charge is 2.14. The van der Waals surface area contributed by atoms with Crippen molar-refractivity contribution in [3.63, 3.8) is 0 Å². The third-order valence-corrected chi connectivity index (χ3v) is 2.98. The highest BCUT2D eigenvalue weighted by molar-refractivity contribution is 5.80. The summed E-state index contributed by atoms with van der Waals surface area (Å²) in [6.45, 7) is 2.85. The Morgan fingerprint density at radius 3 is 2.86 bits per heavy atom. The van der Waals surface area contributed by atoms with Crippen molar-refractivity contribution in [1.29, 1.82) is 0 Å². The Morgan fingerprint density at radius 1 is 1.29 bits per heavy atom. The minimum absolute atomic E-state index is 0.176. The van der Waals surface area contributed by atoms with Crippen LogP contribution in [0.3, 0.4) is 0 Å². The smallest absolute Gasteiger partial charge is 0.261 e. The van der Waals surface area contributed by atoms with Crippen molar-refractivity contribution < 1.29 is 13.9 Å². The zero-order valence-corrected chi connectivity index (χ0v) is 12.3. The lowest BCUT2D eigenvalue weighted by molar-refractivity contribution is -0.127. The third-order valence-electron chi connectivity index (χ3n) is 2.98. The van der Waals surface area contributed by atoms with Crippen molar-refractivity contribution in [3.05, 3.63) is 54.0 Å². The maximum absolute atomic E-state index is 12.0. The van der Waals surface area contributed by atoms with Gasteiger partial charge in [-0.15, -0.1) is 0 Å². The summed E-state index contributed by atoms with van der Waals surface area (Å²) in [5.41, 5.74) is 1.11. The molecule has 0 saturated carbocycles. The molecule has 2 N–H and O–H groups in total. The summed E-state index contributed by atoms with van der Waals surface area (Å²) in [6.07, 6.45) is 1.01. The maximum atomic E-state index is 12.0. The van der Waals surface area contributed by atoms with Gasteiger partial charge in [-0.1, -0.05) is 12.1 Å². The van der Waals surface area contributed by atoms with E-state index in [2.05, 4.69) is 10.6 Å². The van der Waals surface area contributed by atoms with Crippen LogP contribution in [0.2, 0.25) is 0 Å². The van der Waals surface area contributed by atoms with E-state index in [0.29, 0.717) is 18.1 Å². The fourth-order valence-corrected chi connectivity index (χ4v) is 1.92. The molecule has 5 heteroatoms. The van der Waals surface area contributed by atoms with Gasteiger partial charge in [0.25, 0.3) is 5.91 Å². The summed E-state index contributed by atoms with van der Waals surface area (Å²) in [7, 11) is 1.89. The summed E-state index contributed by atoms with van der Waals surface area (Å²) < 4.78 is 10.8. The molecule has 1 aromatic carbocycles. The van der Waals surface area contributed by atoms with Gasteiger partial charge in [-0.3, -0.25) is 4.79 Å². The predicted molar refractivity (Wildman–Crippen MR) is 79.9 cm³/mol. The first-order chi connectivity index (χ1) is 10.2. The van der Waals surface area contributed by atoms with E-state index >= 15 is 0 Å². The SMILES string of the molecule is CNCc1cccc(OC(C)C(=O)NCc2ccco2)c1. The molecule has 0 aliphatic rings. The van der Waals surface area contributed by atoms with Gasteiger partial charge in [-0.25, -0.2) is 0 Å².